The number of rotatable bonds is 2. The van der Waals surface area contributed by atoms with E-state index in [1.54, 1.807) is 0 Å². The lowest BCUT2D eigenvalue weighted by Crippen LogP contribution is -2.28. The van der Waals surface area contributed by atoms with Crippen LogP contribution in [0.3, 0.4) is 0 Å². The molecule has 0 aliphatic carbocycles. The number of hydrogen-bond acceptors (Lipinski definition) is 2. The summed E-state index contributed by atoms with van der Waals surface area (Å²) in [5, 5.41) is 0.795. The van der Waals surface area contributed by atoms with E-state index in [2.05, 4.69) is 24.0 Å². The van der Waals surface area contributed by atoms with Gasteiger partial charge in [0, 0.05) is 30.2 Å². The van der Waals surface area contributed by atoms with Crippen LogP contribution >= 0.6 is 11.6 Å². The van der Waals surface area contributed by atoms with Gasteiger partial charge in [0.25, 0.3) is 0 Å². The maximum atomic E-state index is 5.90. The molecule has 1 aromatic carbocycles. The molecule has 1 heterocycles. The molecule has 1 unspecified atom stereocenters. The summed E-state index contributed by atoms with van der Waals surface area (Å²) in [6.45, 7) is 4.33. The van der Waals surface area contributed by atoms with Gasteiger partial charge in [-0.25, -0.2) is 0 Å². The molecule has 82 valence electrons. The maximum absolute atomic E-state index is 5.90. The van der Waals surface area contributed by atoms with Crippen LogP contribution in [0.4, 0.5) is 0 Å². The van der Waals surface area contributed by atoms with Crippen LogP contribution in [0, 0.1) is 0 Å². The molecule has 1 saturated heterocycles. The van der Waals surface area contributed by atoms with Crippen LogP contribution in [-0.4, -0.2) is 24.0 Å². The molecule has 1 fully saturated rings. The lowest BCUT2D eigenvalue weighted by atomic mass is 10.1. The molecule has 1 aliphatic heterocycles. The second kappa shape index (κ2) is 4.52. The van der Waals surface area contributed by atoms with Crippen LogP contribution in [0.5, 0.6) is 0 Å². The van der Waals surface area contributed by atoms with Crippen LogP contribution in [0.1, 0.15) is 24.9 Å². The molecule has 0 bridgehead atoms. The standard InChI is InChI=1S/C12H17ClN2/c1-9(15-7-6-12(14)8-15)10-2-4-11(13)5-3-10/h2-5,9,12H,6-8,14H2,1H3/t9?,12-/m1/s1. The van der Waals surface area contributed by atoms with E-state index >= 15 is 0 Å². The van der Waals surface area contributed by atoms with Crippen molar-refractivity contribution in [2.45, 2.75) is 25.4 Å². The third-order valence-corrected chi connectivity index (χ3v) is 3.41. The van der Waals surface area contributed by atoms with Gasteiger partial charge in [0.05, 0.1) is 0 Å². The molecule has 2 atom stereocenters. The summed E-state index contributed by atoms with van der Waals surface area (Å²) in [4.78, 5) is 2.42. The van der Waals surface area contributed by atoms with E-state index < -0.39 is 0 Å². The van der Waals surface area contributed by atoms with Gasteiger partial charge in [-0.15, -0.1) is 0 Å². The molecule has 0 saturated carbocycles. The minimum atomic E-state index is 0.347. The van der Waals surface area contributed by atoms with Crippen molar-refractivity contribution in [3.63, 3.8) is 0 Å². The molecular weight excluding hydrogens is 208 g/mol. The smallest absolute Gasteiger partial charge is 0.0406 e. The SMILES string of the molecule is CC(c1ccc(Cl)cc1)N1CC[C@@H](N)C1. The van der Waals surface area contributed by atoms with Crippen molar-refractivity contribution in [2.75, 3.05) is 13.1 Å². The van der Waals surface area contributed by atoms with Gasteiger partial charge in [-0.2, -0.15) is 0 Å². The molecule has 2 N–H and O–H groups in total. The number of likely N-dealkylation sites (tertiary alicyclic amines) is 1. The van der Waals surface area contributed by atoms with Crippen molar-refractivity contribution in [1.29, 1.82) is 0 Å². The number of halogens is 1. The van der Waals surface area contributed by atoms with Gasteiger partial charge in [0.2, 0.25) is 0 Å². The summed E-state index contributed by atoms with van der Waals surface area (Å²) in [6.07, 6.45) is 1.11. The topological polar surface area (TPSA) is 29.3 Å². The largest absolute Gasteiger partial charge is 0.326 e. The van der Waals surface area contributed by atoms with Gasteiger partial charge in [-0.05, 0) is 31.0 Å². The minimum Gasteiger partial charge on any atom is -0.326 e. The van der Waals surface area contributed by atoms with Crippen LogP contribution in [-0.2, 0) is 0 Å². The third kappa shape index (κ3) is 2.51. The lowest BCUT2D eigenvalue weighted by molar-refractivity contribution is 0.260. The number of benzene rings is 1. The summed E-state index contributed by atoms with van der Waals surface area (Å²) in [5.41, 5.74) is 7.22. The van der Waals surface area contributed by atoms with Crippen LogP contribution < -0.4 is 5.73 Å². The fraction of sp³-hybridized carbons (Fsp3) is 0.500. The Morgan fingerprint density at radius 1 is 1.40 bits per heavy atom. The summed E-state index contributed by atoms with van der Waals surface area (Å²) in [6, 6.07) is 8.87. The minimum absolute atomic E-state index is 0.347. The Balaban J connectivity index is 2.07. The van der Waals surface area contributed by atoms with Crippen LogP contribution in [0.15, 0.2) is 24.3 Å². The molecular formula is C12H17ClN2. The molecule has 0 amide bonds. The monoisotopic (exact) mass is 224 g/mol. The zero-order valence-electron chi connectivity index (χ0n) is 8.99. The molecule has 0 aromatic heterocycles. The van der Waals surface area contributed by atoms with E-state index in [4.69, 9.17) is 17.3 Å². The van der Waals surface area contributed by atoms with E-state index in [-0.39, 0.29) is 0 Å². The first-order chi connectivity index (χ1) is 7.16. The van der Waals surface area contributed by atoms with E-state index in [9.17, 15) is 0 Å². The van der Waals surface area contributed by atoms with Gasteiger partial charge in [-0.3, -0.25) is 4.90 Å². The second-order valence-electron chi connectivity index (χ2n) is 4.27. The Morgan fingerprint density at radius 3 is 2.60 bits per heavy atom. The van der Waals surface area contributed by atoms with Gasteiger partial charge in [0.15, 0.2) is 0 Å². The third-order valence-electron chi connectivity index (χ3n) is 3.16. The number of nitrogens with two attached hydrogens (primary N) is 1. The fourth-order valence-corrected chi connectivity index (χ4v) is 2.25. The zero-order chi connectivity index (χ0) is 10.8. The lowest BCUT2D eigenvalue weighted by Gasteiger charge is -2.24. The molecule has 2 nitrogen and oxygen atoms in total. The Kier molecular flexibility index (Phi) is 3.29. The van der Waals surface area contributed by atoms with E-state index in [0.717, 1.165) is 24.5 Å². The molecule has 1 aliphatic rings. The quantitative estimate of drug-likeness (QED) is 0.836. The van der Waals surface area contributed by atoms with Crippen molar-refractivity contribution in [1.82, 2.24) is 4.90 Å². The normalized spacial score (nSPS) is 24.3. The predicted molar refractivity (Wildman–Crippen MR) is 64.0 cm³/mol. The van der Waals surface area contributed by atoms with E-state index in [1.807, 2.05) is 12.1 Å². The summed E-state index contributed by atoms with van der Waals surface area (Å²) >= 11 is 5.87. The van der Waals surface area contributed by atoms with Crippen molar-refractivity contribution in [2.24, 2.45) is 5.73 Å². The Labute approximate surface area is 96.0 Å². The van der Waals surface area contributed by atoms with Gasteiger partial charge in [-0.1, -0.05) is 23.7 Å². The van der Waals surface area contributed by atoms with Gasteiger partial charge in [0.1, 0.15) is 0 Å². The first-order valence-corrected chi connectivity index (χ1v) is 5.79. The molecule has 15 heavy (non-hydrogen) atoms. The maximum Gasteiger partial charge on any atom is 0.0406 e. The van der Waals surface area contributed by atoms with Crippen molar-refractivity contribution in [3.05, 3.63) is 34.9 Å². The molecule has 0 radical (unpaired) electrons. The van der Waals surface area contributed by atoms with E-state index in [1.165, 1.54) is 5.56 Å². The summed E-state index contributed by atoms with van der Waals surface area (Å²) < 4.78 is 0. The van der Waals surface area contributed by atoms with E-state index in [0.29, 0.717) is 12.1 Å². The van der Waals surface area contributed by atoms with Gasteiger partial charge >= 0.3 is 0 Å². The molecule has 1 aromatic rings. The zero-order valence-corrected chi connectivity index (χ0v) is 9.74. The molecule has 3 heteroatoms. The van der Waals surface area contributed by atoms with Crippen molar-refractivity contribution >= 4 is 11.6 Å². The summed E-state index contributed by atoms with van der Waals surface area (Å²) in [7, 11) is 0. The first-order valence-electron chi connectivity index (χ1n) is 5.42. The number of nitrogens with zero attached hydrogens (tertiary/aromatic N) is 1. The highest BCUT2D eigenvalue weighted by Gasteiger charge is 2.24. The molecule has 2 rings (SSSR count). The van der Waals surface area contributed by atoms with Crippen molar-refractivity contribution in [3.8, 4) is 0 Å². The Hall–Kier alpha value is -0.570. The number of hydrogen-bond donors (Lipinski definition) is 1. The molecule has 0 spiro atoms. The Bertz CT molecular complexity index is 323. The predicted octanol–water partition coefficient (Wildman–Crippen LogP) is 2.43. The highest BCUT2D eigenvalue weighted by atomic mass is 35.5. The average Bonchev–Trinajstić information content (AvgIpc) is 2.65. The first kappa shape index (κ1) is 10.9. The Morgan fingerprint density at radius 2 is 2.07 bits per heavy atom. The van der Waals surface area contributed by atoms with Crippen LogP contribution in [0.2, 0.25) is 5.02 Å². The van der Waals surface area contributed by atoms with Crippen LogP contribution in [0.25, 0.3) is 0 Å². The van der Waals surface area contributed by atoms with Crippen molar-refractivity contribution < 1.29 is 0 Å². The highest BCUT2D eigenvalue weighted by molar-refractivity contribution is 6.30. The fourth-order valence-electron chi connectivity index (χ4n) is 2.12. The summed E-state index contributed by atoms with van der Waals surface area (Å²) in [5.74, 6) is 0. The second-order valence-corrected chi connectivity index (χ2v) is 4.71. The highest BCUT2D eigenvalue weighted by Crippen LogP contribution is 2.24. The van der Waals surface area contributed by atoms with Gasteiger partial charge < -0.3 is 5.73 Å². The average molecular weight is 225 g/mol.